The van der Waals surface area contributed by atoms with Gasteiger partial charge in [-0.25, -0.2) is 0 Å². The van der Waals surface area contributed by atoms with Crippen LogP contribution in [0.15, 0.2) is 18.2 Å². The second kappa shape index (κ2) is 4.17. The highest BCUT2D eigenvalue weighted by Gasteiger charge is 2.38. The number of carboxylic acids is 1. The SMILES string of the molecule is O=C(O)CC1CN(C2COc3cc(O)ccc32)C1. The van der Waals surface area contributed by atoms with Crippen LogP contribution < -0.4 is 4.74 Å². The van der Waals surface area contributed by atoms with Crippen molar-refractivity contribution in [2.24, 2.45) is 5.92 Å². The van der Waals surface area contributed by atoms with Gasteiger partial charge in [-0.2, -0.15) is 0 Å². The Morgan fingerprint density at radius 2 is 2.22 bits per heavy atom. The Bertz CT molecular complexity index is 482. The largest absolute Gasteiger partial charge is 0.508 e. The number of carboxylic acid groups (broad SMARTS) is 1. The molecule has 5 nitrogen and oxygen atoms in total. The molecule has 0 amide bonds. The highest BCUT2D eigenvalue weighted by molar-refractivity contribution is 5.67. The Hall–Kier alpha value is -1.75. The molecule has 0 radical (unpaired) electrons. The molecule has 1 fully saturated rings. The number of hydrogen-bond donors (Lipinski definition) is 2. The molecule has 5 heteroatoms. The Labute approximate surface area is 105 Å². The normalized spacial score (nSPS) is 23.2. The van der Waals surface area contributed by atoms with Crippen molar-refractivity contribution in [3.63, 3.8) is 0 Å². The van der Waals surface area contributed by atoms with Crippen molar-refractivity contribution >= 4 is 5.97 Å². The van der Waals surface area contributed by atoms with Gasteiger partial charge in [-0.15, -0.1) is 0 Å². The van der Waals surface area contributed by atoms with Gasteiger partial charge >= 0.3 is 5.97 Å². The van der Waals surface area contributed by atoms with Crippen LogP contribution in [-0.4, -0.2) is 40.8 Å². The van der Waals surface area contributed by atoms with Crippen LogP contribution in [0.4, 0.5) is 0 Å². The van der Waals surface area contributed by atoms with Crippen LogP contribution in [-0.2, 0) is 4.79 Å². The molecular weight excluding hydrogens is 234 g/mol. The number of aromatic hydroxyl groups is 1. The average molecular weight is 249 g/mol. The molecule has 0 spiro atoms. The van der Waals surface area contributed by atoms with E-state index in [1.54, 1.807) is 12.1 Å². The first-order valence-corrected chi connectivity index (χ1v) is 6.05. The fourth-order valence-electron chi connectivity index (χ4n) is 2.72. The minimum atomic E-state index is -0.729. The lowest BCUT2D eigenvalue weighted by atomic mass is 9.92. The smallest absolute Gasteiger partial charge is 0.303 e. The van der Waals surface area contributed by atoms with Crippen molar-refractivity contribution in [3.05, 3.63) is 23.8 Å². The van der Waals surface area contributed by atoms with Crippen LogP contribution in [0.1, 0.15) is 18.0 Å². The molecule has 2 aliphatic heterocycles. The molecule has 1 aromatic rings. The quantitative estimate of drug-likeness (QED) is 0.843. The van der Waals surface area contributed by atoms with Crippen molar-refractivity contribution in [2.75, 3.05) is 19.7 Å². The van der Waals surface area contributed by atoms with Gasteiger partial charge in [0.2, 0.25) is 0 Å². The molecule has 2 heterocycles. The van der Waals surface area contributed by atoms with E-state index in [2.05, 4.69) is 4.90 Å². The molecule has 18 heavy (non-hydrogen) atoms. The monoisotopic (exact) mass is 249 g/mol. The lowest BCUT2D eigenvalue weighted by molar-refractivity contribution is -0.139. The van der Waals surface area contributed by atoms with Crippen molar-refractivity contribution in [1.29, 1.82) is 0 Å². The van der Waals surface area contributed by atoms with Crippen LogP contribution in [0.3, 0.4) is 0 Å². The minimum absolute atomic E-state index is 0.200. The summed E-state index contributed by atoms with van der Waals surface area (Å²) in [6.45, 7) is 2.19. The van der Waals surface area contributed by atoms with E-state index in [0.717, 1.165) is 24.4 Å². The molecule has 1 atom stereocenters. The van der Waals surface area contributed by atoms with Gasteiger partial charge in [0.05, 0.1) is 12.5 Å². The molecule has 0 bridgehead atoms. The van der Waals surface area contributed by atoms with E-state index >= 15 is 0 Å². The molecule has 0 saturated carbocycles. The second-order valence-corrected chi connectivity index (χ2v) is 4.97. The molecule has 1 aromatic carbocycles. The Kier molecular flexibility index (Phi) is 2.63. The number of likely N-dealkylation sites (tertiary alicyclic amines) is 1. The summed E-state index contributed by atoms with van der Waals surface area (Å²) in [7, 11) is 0. The van der Waals surface area contributed by atoms with E-state index in [4.69, 9.17) is 9.84 Å². The molecule has 1 unspecified atom stereocenters. The number of fused-ring (bicyclic) bond motifs is 1. The van der Waals surface area contributed by atoms with Crippen LogP contribution in [0, 0.1) is 5.92 Å². The van der Waals surface area contributed by atoms with E-state index in [1.165, 1.54) is 0 Å². The summed E-state index contributed by atoms with van der Waals surface area (Å²) in [4.78, 5) is 12.8. The first kappa shape index (κ1) is 11.3. The maximum Gasteiger partial charge on any atom is 0.303 e. The molecule has 2 N–H and O–H groups in total. The lowest BCUT2D eigenvalue weighted by Crippen LogP contribution is -2.49. The molecule has 96 valence electrons. The summed E-state index contributed by atoms with van der Waals surface area (Å²) >= 11 is 0. The number of benzene rings is 1. The number of aliphatic carboxylic acids is 1. The molecule has 0 aliphatic carbocycles. The Morgan fingerprint density at radius 3 is 2.94 bits per heavy atom. The van der Waals surface area contributed by atoms with E-state index in [0.29, 0.717) is 6.61 Å². The number of ether oxygens (including phenoxy) is 1. The molecular formula is C13H15NO4. The highest BCUT2D eigenvalue weighted by atomic mass is 16.5. The number of hydrogen-bond acceptors (Lipinski definition) is 4. The molecule has 0 aromatic heterocycles. The lowest BCUT2D eigenvalue weighted by Gasteiger charge is -2.42. The summed E-state index contributed by atoms with van der Waals surface area (Å²) in [5.41, 5.74) is 1.08. The zero-order chi connectivity index (χ0) is 12.7. The van der Waals surface area contributed by atoms with Gasteiger partial charge in [0.25, 0.3) is 0 Å². The molecule has 2 aliphatic rings. The summed E-state index contributed by atoms with van der Waals surface area (Å²) in [5, 5.41) is 18.1. The third-order valence-electron chi connectivity index (χ3n) is 3.64. The van der Waals surface area contributed by atoms with Gasteiger partial charge in [0, 0.05) is 24.7 Å². The van der Waals surface area contributed by atoms with Crippen molar-refractivity contribution in [3.8, 4) is 11.5 Å². The Morgan fingerprint density at radius 1 is 1.44 bits per heavy atom. The number of carbonyl (C=O) groups is 1. The topological polar surface area (TPSA) is 70.0 Å². The fraction of sp³-hybridized carbons (Fsp3) is 0.462. The van der Waals surface area contributed by atoms with Gasteiger partial charge in [-0.3, -0.25) is 9.69 Å². The van der Waals surface area contributed by atoms with Crippen molar-refractivity contribution in [1.82, 2.24) is 4.90 Å². The van der Waals surface area contributed by atoms with Gasteiger partial charge in [-0.05, 0) is 18.1 Å². The first-order chi connectivity index (χ1) is 8.63. The third-order valence-corrected chi connectivity index (χ3v) is 3.64. The van der Waals surface area contributed by atoms with E-state index in [1.807, 2.05) is 6.07 Å². The fourth-order valence-corrected chi connectivity index (χ4v) is 2.72. The maximum absolute atomic E-state index is 10.6. The van der Waals surface area contributed by atoms with Gasteiger partial charge in [-0.1, -0.05) is 0 Å². The summed E-state index contributed by atoms with van der Waals surface area (Å²) < 4.78 is 5.55. The highest BCUT2D eigenvalue weighted by Crippen LogP contribution is 2.41. The van der Waals surface area contributed by atoms with Crippen molar-refractivity contribution in [2.45, 2.75) is 12.5 Å². The number of rotatable bonds is 3. The van der Waals surface area contributed by atoms with Crippen LogP contribution in [0.5, 0.6) is 11.5 Å². The van der Waals surface area contributed by atoms with Crippen molar-refractivity contribution < 1.29 is 19.7 Å². The van der Waals surface area contributed by atoms with E-state index in [9.17, 15) is 9.90 Å². The van der Waals surface area contributed by atoms with Gasteiger partial charge in [0.1, 0.15) is 18.1 Å². The number of phenolic OH excluding ortho intramolecular Hbond substituents is 1. The van der Waals surface area contributed by atoms with Crippen LogP contribution in [0.2, 0.25) is 0 Å². The van der Waals surface area contributed by atoms with Crippen LogP contribution >= 0.6 is 0 Å². The standard InChI is InChI=1S/C13H15NO4/c15-9-1-2-10-11(7-18-12(10)4-9)14-5-8(6-14)3-13(16)17/h1-2,4,8,11,15H,3,5-7H2,(H,16,17). The minimum Gasteiger partial charge on any atom is -0.508 e. The predicted molar refractivity (Wildman–Crippen MR) is 63.7 cm³/mol. The number of nitrogens with zero attached hydrogens (tertiary/aromatic N) is 1. The average Bonchev–Trinajstić information content (AvgIpc) is 2.65. The Balaban J connectivity index is 1.66. The van der Waals surface area contributed by atoms with Gasteiger partial charge < -0.3 is 14.9 Å². The second-order valence-electron chi connectivity index (χ2n) is 4.97. The zero-order valence-electron chi connectivity index (χ0n) is 9.87. The number of phenols is 1. The summed E-state index contributed by atoms with van der Waals surface area (Å²) in [6, 6.07) is 5.37. The maximum atomic E-state index is 10.6. The van der Waals surface area contributed by atoms with E-state index < -0.39 is 5.97 Å². The summed E-state index contributed by atoms with van der Waals surface area (Å²) in [5.74, 6) is 0.472. The summed E-state index contributed by atoms with van der Waals surface area (Å²) in [6.07, 6.45) is 0.243. The molecule has 3 rings (SSSR count). The van der Waals surface area contributed by atoms with Gasteiger partial charge in [0.15, 0.2) is 0 Å². The molecule has 1 saturated heterocycles. The van der Waals surface area contributed by atoms with E-state index in [-0.39, 0.29) is 24.1 Å². The third kappa shape index (κ3) is 1.90. The zero-order valence-corrected chi connectivity index (χ0v) is 9.87. The predicted octanol–water partition coefficient (Wildman–Crippen LogP) is 1.23. The first-order valence-electron chi connectivity index (χ1n) is 6.05. The van der Waals surface area contributed by atoms with Crippen LogP contribution in [0.25, 0.3) is 0 Å².